The molecule has 1 aliphatic rings. The third-order valence-electron chi connectivity index (χ3n) is 3.08. The van der Waals surface area contributed by atoms with E-state index in [4.69, 9.17) is 5.11 Å². The van der Waals surface area contributed by atoms with Gasteiger partial charge in [0.05, 0.1) is 0 Å². The van der Waals surface area contributed by atoms with Gasteiger partial charge >= 0.3 is 5.97 Å². The van der Waals surface area contributed by atoms with Gasteiger partial charge in [-0.25, -0.2) is 0 Å². The number of carboxylic acid groups (broad SMARTS) is 1. The number of benzene rings is 1. The third kappa shape index (κ3) is 3.07. The SMILES string of the molecule is O=C(NC1CCC(C(=O)O)NC1)c1ccccc1. The average molecular weight is 248 g/mol. The normalized spacial score (nSPS) is 23.3. The van der Waals surface area contributed by atoms with E-state index in [1.807, 2.05) is 18.2 Å². The van der Waals surface area contributed by atoms with Gasteiger partial charge in [-0.2, -0.15) is 0 Å². The molecule has 0 aromatic heterocycles. The highest BCUT2D eigenvalue weighted by molar-refractivity contribution is 5.94. The van der Waals surface area contributed by atoms with Crippen LogP contribution in [0.15, 0.2) is 30.3 Å². The van der Waals surface area contributed by atoms with Crippen molar-refractivity contribution in [3.05, 3.63) is 35.9 Å². The van der Waals surface area contributed by atoms with Crippen LogP contribution in [0, 0.1) is 0 Å². The van der Waals surface area contributed by atoms with E-state index in [2.05, 4.69) is 10.6 Å². The fraction of sp³-hybridized carbons (Fsp3) is 0.385. The van der Waals surface area contributed by atoms with Crippen LogP contribution in [0.5, 0.6) is 0 Å². The highest BCUT2D eigenvalue weighted by atomic mass is 16.4. The van der Waals surface area contributed by atoms with Gasteiger partial charge in [0.2, 0.25) is 0 Å². The predicted octanol–water partition coefficient (Wildman–Crippen LogP) is 0.622. The van der Waals surface area contributed by atoms with Crippen molar-refractivity contribution in [2.75, 3.05) is 6.54 Å². The Labute approximate surface area is 105 Å². The lowest BCUT2D eigenvalue weighted by atomic mass is 10.0. The van der Waals surface area contributed by atoms with Crippen molar-refractivity contribution in [3.63, 3.8) is 0 Å². The molecule has 2 rings (SSSR count). The van der Waals surface area contributed by atoms with E-state index in [0.717, 1.165) is 0 Å². The van der Waals surface area contributed by atoms with Crippen molar-refractivity contribution in [2.24, 2.45) is 0 Å². The third-order valence-corrected chi connectivity index (χ3v) is 3.08. The quantitative estimate of drug-likeness (QED) is 0.732. The zero-order valence-corrected chi connectivity index (χ0v) is 9.93. The molecule has 0 bridgehead atoms. The van der Waals surface area contributed by atoms with Crippen LogP contribution in [0.25, 0.3) is 0 Å². The van der Waals surface area contributed by atoms with Crippen molar-refractivity contribution in [2.45, 2.75) is 24.9 Å². The minimum atomic E-state index is -0.831. The van der Waals surface area contributed by atoms with Gasteiger partial charge in [-0.05, 0) is 25.0 Å². The number of carbonyl (C=O) groups is 2. The number of nitrogens with one attached hydrogen (secondary N) is 2. The van der Waals surface area contributed by atoms with Crippen LogP contribution in [0.2, 0.25) is 0 Å². The van der Waals surface area contributed by atoms with Crippen LogP contribution < -0.4 is 10.6 Å². The molecule has 3 N–H and O–H groups in total. The Hall–Kier alpha value is -1.88. The lowest BCUT2D eigenvalue weighted by molar-refractivity contribution is -0.140. The zero-order chi connectivity index (χ0) is 13.0. The van der Waals surface area contributed by atoms with Gasteiger partial charge in [0.25, 0.3) is 5.91 Å². The first kappa shape index (κ1) is 12.6. The molecule has 0 radical (unpaired) electrons. The van der Waals surface area contributed by atoms with Crippen LogP contribution in [-0.4, -0.2) is 35.6 Å². The van der Waals surface area contributed by atoms with Crippen LogP contribution >= 0.6 is 0 Å². The topological polar surface area (TPSA) is 78.4 Å². The predicted molar refractivity (Wildman–Crippen MR) is 66.4 cm³/mol. The minimum absolute atomic E-state index is 0.00620. The Balaban J connectivity index is 1.85. The second-order valence-electron chi connectivity index (χ2n) is 4.41. The number of rotatable bonds is 3. The summed E-state index contributed by atoms with van der Waals surface area (Å²) in [5, 5.41) is 14.6. The average Bonchev–Trinajstić information content (AvgIpc) is 2.40. The molecule has 18 heavy (non-hydrogen) atoms. The van der Waals surface area contributed by atoms with Crippen LogP contribution in [0.4, 0.5) is 0 Å². The zero-order valence-electron chi connectivity index (χ0n) is 9.93. The molecule has 96 valence electrons. The Morgan fingerprint density at radius 2 is 1.94 bits per heavy atom. The maximum absolute atomic E-state index is 11.9. The van der Waals surface area contributed by atoms with E-state index in [9.17, 15) is 9.59 Å². The maximum Gasteiger partial charge on any atom is 0.320 e. The molecule has 0 spiro atoms. The monoisotopic (exact) mass is 248 g/mol. The molecule has 1 saturated heterocycles. The molecule has 1 amide bonds. The number of amides is 1. The van der Waals surface area contributed by atoms with Gasteiger partial charge < -0.3 is 15.7 Å². The molecular weight excluding hydrogens is 232 g/mol. The molecule has 1 aromatic rings. The molecule has 1 aromatic carbocycles. The lowest BCUT2D eigenvalue weighted by Gasteiger charge is -2.28. The van der Waals surface area contributed by atoms with E-state index >= 15 is 0 Å². The summed E-state index contributed by atoms with van der Waals surface area (Å²) in [5.74, 6) is -0.945. The molecule has 1 heterocycles. The van der Waals surface area contributed by atoms with E-state index in [-0.39, 0.29) is 11.9 Å². The van der Waals surface area contributed by atoms with Gasteiger partial charge in [-0.3, -0.25) is 9.59 Å². The van der Waals surface area contributed by atoms with Gasteiger partial charge in [-0.1, -0.05) is 18.2 Å². The first-order valence-electron chi connectivity index (χ1n) is 5.99. The number of carboxylic acids is 1. The Bertz CT molecular complexity index is 425. The van der Waals surface area contributed by atoms with Gasteiger partial charge in [0, 0.05) is 18.2 Å². The summed E-state index contributed by atoms with van der Waals surface area (Å²) in [6.45, 7) is 0.496. The van der Waals surface area contributed by atoms with Crippen molar-refractivity contribution in [3.8, 4) is 0 Å². The van der Waals surface area contributed by atoms with Crippen molar-refractivity contribution in [1.82, 2.24) is 10.6 Å². The maximum atomic E-state index is 11.9. The Morgan fingerprint density at radius 3 is 2.50 bits per heavy atom. The van der Waals surface area contributed by atoms with Gasteiger partial charge in [-0.15, -0.1) is 0 Å². The van der Waals surface area contributed by atoms with E-state index in [1.165, 1.54) is 0 Å². The lowest BCUT2D eigenvalue weighted by Crippen LogP contribution is -2.51. The summed E-state index contributed by atoms with van der Waals surface area (Å²) in [6, 6.07) is 8.50. The summed E-state index contributed by atoms with van der Waals surface area (Å²) >= 11 is 0. The molecule has 5 nitrogen and oxygen atoms in total. The summed E-state index contributed by atoms with van der Waals surface area (Å²) in [5.41, 5.74) is 0.623. The summed E-state index contributed by atoms with van der Waals surface area (Å²) in [6.07, 6.45) is 1.22. The molecule has 1 aliphatic heterocycles. The van der Waals surface area contributed by atoms with Gasteiger partial charge in [0.1, 0.15) is 6.04 Å². The standard InChI is InChI=1S/C13H16N2O3/c16-12(9-4-2-1-3-5-9)15-10-6-7-11(13(17)18)14-8-10/h1-5,10-11,14H,6-8H2,(H,15,16)(H,17,18). The van der Waals surface area contributed by atoms with E-state index in [0.29, 0.717) is 24.9 Å². The fourth-order valence-corrected chi connectivity index (χ4v) is 2.05. The highest BCUT2D eigenvalue weighted by Crippen LogP contribution is 2.09. The summed E-state index contributed by atoms with van der Waals surface area (Å²) < 4.78 is 0. The van der Waals surface area contributed by atoms with Crippen LogP contribution in [0.3, 0.4) is 0 Å². The number of hydrogen-bond acceptors (Lipinski definition) is 3. The molecule has 0 aliphatic carbocycles. The van der Waals surface area contributed by atoms with Crippen molar-refractivity contribution >= 4 is 11.9 Å². The molecular formula is C13H16N2O3. The van der Waals surface area contributed by atoms with Crippen molar-refractivity contribution in [1.29, 1.82) is 0 Å². The largest absolute Gasteiger partial charge is 0.480 e. The molecule has 2 atom stereocenters. The fourth-order valence-electron chi connectivity index (χ4n) is 2.05. The first-order valence-corrected chi connectivity index (χ1v) is 5.99. The number of piperidine rings is 1. The first-order chi connectivity index (χ1) is 8.66. The second-order valence-corrected chi connectivity index (χ2v) is 4.41. The highest BCUT2D eigenvalue weighted by Gasteiger charge is 2.26. The number of aliphatic carboxylic acids is 1. The second kappa shape index (κ2) is 5.64. The molecule has 1 fully saturated rings. The molecule has 5 heteroatoms. The molecule has 0 saturated carbocycles. The van der Waals surface area contributed by atoms with Crippen molar-refractivity contribution < 1.29 is 14.7 Å². The minimum Gasteiger partial charge on any atom is -0.480 e. The Kier molecular flexibility index (Phi) is 3.94. The van der Waals surface area contributed by atoms with E-state index < -0.39 is 12.0 Å². The van der Waals surface area contributed by atoms with Crippen LogP contribution in [0.1, 0.15) is 23.2 Å². The smallest absolute Gasteiger partial charge is 0.320 e. The summed E-state index contributed by atoms with van der Waals surface area (Å²) in [7, 11) is 0. The van der Waals surface area contributed by atoms with Crippen LogP contribution in [-0.2, 0) is 4.79 Å². The van der Waals surface area contributed by atoms with E-state index in [1.54, 1.807) is 12.1 Å². The molecule has 2 unspecified atom stereocenters. The summed E-state index contributed by atoms with van der Waals surface area (Å²) in [4.78, 5) is 22.6. The van der Waals surface area contributed by atoms with Gasteiger partial charge in [0.15, 0.2) is 0 Å². The number of hydrogen-bond donors (Lipinski definition) is 3. The number of carbonyl (C=O) groups excluding carboxylic acids is 1. The Morgan fingerprint density at radius 1 is 1.22 bits per heavy atom.